The van der Waals surface area contributed by atoms with E-state index in [4.69, 9.17) is 4.74 Å². The maximum atomic E-state index is 6.22. The molecular formula is C29H21N3O. The lowest BCUT2D eigenvalue weighted by atomic mass is 10.0. The summed E-state index contributed by atoms with van der Waals surface area (Å²) in [5.41, 5.74) is 8.29. The predicted octanol–water partition coefficient (Wildman–Crippen LogP) is 7.17. The second-order valence-electron chi connectivity index (χ2n) is 7.92. The second kappa shape index (κ2) is 8.24. The number of fused-ring (bicyclic) bond motifs is 2. The molecular weight excluding hydrogens is 406 g/mol. The number of para-hydroxylation sites is 2. The summed E-state index contributed by atoms with van der Waals surface area (Å²) >= 11 is 0. The summed E-state index contributed by atoms with van der Waals surface area (Å²) in [6, 6.07) is 35.1. The van der Waals surface area contributed by atoms with Crippen LogP contribution in [0, 0.1) is 0 Å². The number of nitrogens with zero attached hydrogens (tertiary/aromatic N) is 3. The Hall–Kier alpha value is -4.44. The van der Waals surface area contributed by atoms with Crippen LogP contribution in [0.2, 0.25) is 0 Å². The number of rotatable bonds is 3. The Kier molecular flexibility index (Phi) is 4.81. The maximum absolute atomic E-state index is 6.22. The van der Waals surface area contributed by atoms with Gasteiger partial charge in [-0.1, -0.05) is 48.5 Å². The number of hydrogen-bond acceptors (Lipinski definition) is 4. The van der Waals surface area contributed by atoms with Crippen molar-refractivity contribution in [3.05, 3.63) is 121 Å². The van der Waals surface area contributed by atoms with Crippen LogP contribution in [-0.2, 0) is 6.61 Å². The van der Waals surface area contributed by atoms with Gasteiger partial charge in [0.2, 0.25) is 0 Å². The lowest BCUT2D eigenvalue weighted by Gasteiger charge is -2.27. The highest BCUT2D eigenvalue weighted by Gasteiger charge is 2.24. The lowest BCUT2D eigenvalue weighted by molar-refractivity contribution is 0.310. The highest BCUT2D eigenvalue weighted by atomic mass is 16.5. The molecule has 158 valence electrons. The van der Waals surface area contributed by atoms with E-state index in [1.54, 1.807) is 0 Å². The summed E-state index contributed by atoms with van der Waals surface area (Å²) in [5, 5.41) is 0. The average Bonchev–Trinajstić information content (AvgIpc) is 3.06. The molecule has 0 saturated heterocycles. The molecule has 0 amide bonds. The van der Waals surface area contributed by atoms with Gasteiger partial charge in [-0.3, -0.25) is 9.97 Å². The van der Waals surface area contributed by atoms with Gasteiger partial charge in [0.05, 0.1) is 22.8 Å². The number of benzene rings is 3. The fraction of sp³-hybridized carbons (Fsp3) is 0.0345. The van der Waals surface area contributed by atoms with Crippen molar-refractivity contribution in [2.45, 2.75) is 6.61 Å². The molecule has 0 fully saturated rings. The van der Waals surface area contributed by atoms with E-state index in [0.717, 1.165) is 50.9 Å². The van der Waals surface area contributed by atoms with Gasteiger partial charge >= 0.3 is 0 Å². The average molecular weight is 428 g/mol. The Balaban J connectivity index is 1.56. The van der Waals surface area contributed by atoms with Gasteiger partial charge < -0.3 is 9.64 Å². The van der Waals surface area contributed by atoms with Gasteiger partial charge in [0.15, 0.2) is 0 Å². The van der Waals surface area contributed by atoms with Crippen LogP contribution < -0.4 is 9.64 Å². The molecule has 0 saturated carbocycles. The van der Waals surface area contributed by atoms with Crippen LogP contribution in [0.25, 0.3) is 22.5 Å². The van der Waals surface area contributed by atoms with Gasteiger partial charge in [-0.25, -0.2) is 0 Å². The van der Waals surface area contributed by atoms with Crippen LogP contribution >= 0.6 is 0 Å². The molecule has 0 bridgehead atoms. The molecule has 0 radical (unpaired) electrons. The smallest absolute Gasteiger partial charge is 0.143 e. The van der Waals surface area contributed by atoms with E-state index in [1.165, 1.54) is 0 Å². The molecule has 1 aliphatic rings. The zero-order valence-electron chi connectivity index (χ0n) is 17.9. The van der Waals surface area contributed by atoms with Crippen LogP contribution in [0.1, 0.15) is 5.56 Å². The van der Waals surface area contributed by atoms with Crippen molar-refractivity contribution < 1.29 is 4.74 Å². The van der Waals surface area contributed by atoms with E-state index >= 15 is 0 Å². The van der Waals surface area contributed by atoms with Crippen LogP contribution in [0.3, 0.4) is 0 Å². The van der Waals surface area contributed by atoms with E-state index < -0.39 is 0 Å². The number of hydrogen-bond donors (Lipinski definition) is 0. The second-order valence-corrected chi connectivity index (χ2v) is 7.92. The minimum atomic E-state index is 0.505. The van der Waals surface area contributed by atoms with Crippen LogP contribution in [0.5, 0.6) is 5.75 Å². The van der Waals surface area contributed by atoms with E-state index in [2.05, 4.69) is 63.4 Å². The normalized spacial score (nSPS) is 12.3. The SMILES string of the molecule is c1ccc(-c2cccc(N3c4cc(-c5ccccn5)ccc4COc4ccccc43)c2)nc1. The summed E-state index contributed by atoms with van der Waals surface area (Å²) < 4.78 is 6.22. The first-order valence-corrected chi connectivity index (χ1v) is 10.9. The molecule has 5 aromatic rings. The zero-order valence-corrected chi connectivity index (χ0v) is 17.9. The summed E-state index contributed by atoms with van der Waals surface area (Å²) in [7, 11) is 0. The molecule has 33 heavy (non-hydrogen) atoms. The van der Waals surface area contributed by atoms with Crippen molar-refractivity contribution >= 4 is 17.1 Å². The van der Waals surface area contributed by atoms with Gasteiger partial charge in [0.25, 0.3) is 0 Å². The van der Waals surface area contributed by atoms with E-state index in [9.17, 15) is 0 Å². The van der Waals surface area contributed by atoms with E-state index in [0.29, 0.717) is 6.61 Å². The van der Waals surface area contributed by atoms with Gasteiger partial charge in [-0.2, -0.15) is 0 Å². The zero-order chi connectivity index (χ0) is 22.0. The van der Waals surface area contributed by atoms with Crippen LogP contribution in [0.4, 0.5) is 17.1 Å². The van der Waals surface area contributed by atoms with Crippen molar-refractivity contribution in [3.63, 3.8) is 0 Å². The molecule has 4 nitrogen and oxygen atoms in total. The molecule has 3 aromatic carbocycles. The Labute approximate surface area is 192 Å². The Morgan fingerprint density at radius 1 is 0.606 bits per heavy atom. The number of pyridine rings is 2. The highest BCUT2D eigenvalue weighted by Crippen LogP contribution is 2.45. The monoisotopic (exact) mass is 427 g/mol. The van der Waals surface area contributed by atoms with Crippen molar-refractivity contribution in [2.75, 3.05) is 4.90 Å². The standard InChI is InChI=1S/C29H21N3O/c1-2-13-29-27(12-1)32(24-9-7-8-21(18-24)25-10-3-5-16-30-25)28-19-22(14-15-23(28)20-33-29)26-11-4-6-17-31-26/h1-19H,20H2. The van der Waals surface area contributed by atoms with E-state index in [1.807, 2.05) is 67.0 Å². The summed E-state index contributed by atoms with van der Waals surface area (Å²) in [4.78, 5) is 11.4. The molecule has 0 atom stereocenters. The van der Waals surface area contributed by atoms with Crippen LogP contribution in [0.15, 0.2) is 116 Å². The summed E-state index contributed by atoms with van der Waals surface area (Å²) in [6.07, 6.45) is 3.65. The fourth-order valence-corrected chi connectivity index (χ4v) is 4.25. The predicted molar refractivity (Wildman–Crippen MR) is 132 cm³/mol. The Morgan fingerprint density at radius 2 is 1.33 bits per heavy atom. The van der Waals surface area contributed by atoms with Crippen molar-refractivity contribution in [1.82, 2.24) is 9.97 Å². The Bertz CT molecular complexity index is 1420. The first-order chi connectivity index (χ1) is 16.4. The largest absolute Gasteiger partial charge is 0.487 e. The Morgan fingerprint density at radius 3 is 2.09 bits per heavy atom. The quantitative estimate of drug-likeness (QED) is 0.306. The number of aromatic nitrogens is 2. The third-order valence-electron chi connectivity index (χ3n) is 5.84. The molecule has 1 aliphatic heterocycles. The van der Waals surface area contributed by atoms with Crippen molar-refractivity contribution in [3.8, 4) is 28.3 Å². The highest BCUT2D eigenvalue weighted by molar-refractivity contribution is 5.86. The summed E-state index contributed by atoms with van der Waals surface area (Å²) in [6.45, 7) is 0.505. The first-order valence-electron chi connectivity index (χ1n) is 10.9. The molecule has 6 rings (SSSR count). The summed E-state index contributed by atoms with van der Waals surface area (Å²) in [5.74, 6) is 0.858. The molecule has 0 N–H and O–H groups in total. The molecule has 0 unspecified atom stereocenters. The minimum Gasteiger partial charge on any atom is -0.487 e. The van der Waals surface area contributed by atoms with E-state index in [-0.39, 0.29) is 0 Å². The van der Waals surface area contributed by atoms with Gasteiger partial charge in [-0.05, 0) is 54.6 Å². The van der Waals surface area contributed by atoms with Gasteiger partial charge in [0.1, 0.15) is 12.4 Å². The first kappa shape index (κ1) is 19.3. The third-order valence-corrected chi connectivity index (χ3v) is 5.84. The number of ether oxygens (including phenoxy) is 1. The van der Waals surface area contributed by atoms with Crippen LogP contribution in [-0.4, -0.2) is 9.97 Å². The molecule has 2 aromatic heterocycles. The van der Waals surface area contributed by atoms with Gasteiger partial charge in [-0.15, -0.1) is 0 Å². The molecule has 4 heteroatoms. The minimum absolute atomic E-state index is 0.505. The maximum Gasteiger partial charge on any atom is 0.143 e. The number of anilines is 3. The fourth-order valence-electron chi connectivity index (χ4n) is 4.25. The van der Waals surface area contributed by atoms with Gasteiger partial charge in [0, 0.05) is 34.8 Å². The van der Waals surface area contributed by atoms with Crippen molar-refractivity contribution in [2.24, 2.45) is 0 Å². The topological polar surface area (TPSA) is 38.2 Å². The molecule has 0 aliphatic carbocycles. The third kappa shape index (κ3) is 3.62. The van der Waals surface area contributed by atoms with Crippen molar-refractivity contribution in [1.29, 1.82) is 0 Å². The molecule has 0 spiro atoms. The lowest BCUT2D eigenvalue weighted by Crippen LogP contribution is -2.11. The molecule has 3 heterocycles.